The molecular formula is C37H63NO9S. The summed E-state index contributed by atoms with van der Waals surface area (Å²) in [7, 11) is -3.31. The summed E-state index contributed by atoms with van der Waals surface area (Å²) in [5, 5.41) is 23.5. The third-order valence-corrected chi connectivity index (χ3v) is 16.2. The molecule has 10 nitrogen and oxygen atoms in total. The summed E-state index contributed by atoms with van der Waals surface area (Å²) in [4.78, 5) is 12.1. The quantitative estimate of drug-likeness (QED) is 0.373. The molecule has 6 aliphatic rings. The van der Waals surface area contributed by atoms with Crippen LogP contribution in [0.3, 0.4) is 0 Å². The van der Waals surface area contributed by atoms with Crippen LogP contribution in [-0.4, -0.2) is 97.3 Å². The van der Waals surface area contributed by atoms with Gasteiger partial charge >= 0.3 is 5.97 Å². The van der Waals surface area contributed by atoms with Crippen molar-refractivity contribution in [2.45, 2.75) is 156 Å². The molecule has 276 valence electrons. The van der Waals surface area contributed by atoms with Crippen molar-refractivity contribution < 1.29 is 42.4 Å². The van der Waals surface area contributed by atoms with E-state index in [0.29, 0.717) is 31.4 Å². The predicted octanol–water partition coefficient (Wildman–Crippen LogP) is 4.90. The smallest absolute Gasteiger partial charge is 0.303 e. The Morgan fingerprint density at radius 3 is 2.44 bits per heavy atom. The Hall–Kier alpha value is -0.820. The Morgan fingerprint density at radius 1 is 1.08 bits per heavy atom. The number of rotatable bonds is 6. The number of hydrogen-bond donors (Lipinski definition) is 2. The van der Waals surface area contributed by atoms with Gasteiger partial charge in [0.1, 0.15) is 0 Å². The lowest BCUT2D eigenvalue weighted by atomic mass is 9.41. The maximum atomic E-state index is 12.5. The van der Waals surface area contributed by atoms with Crippen LogP contribution in [0.5, 0.6) is 0 Å². The van der Waals surface area contributed by atoms with Crippen molar-refractivity contribution >= 4 is 16.0 Å². The van der Waals surface area contributed by atoms with Crippen molar-refractivity contribution in [2.24, 2.45) is 45.3 Å². The molecule has 48 heavy (non-hydrogen) atoms. The topological polar surface area (TPSA) is 132 Å². The Labute approximate surface area is 289 Å². The van der Waals surface area contributed by atoms with Crippen molar-refractivity contribution in [1.82, 2.24) is 4.31 Å². The van der Waals surface area contributed by atoms with E-state index in [2.05, 4.69) is 34.6 Å². The van der Waals surface area contributed by atoms with E-state index in [9.17, 15) is 23.4 Å². The molecule has 0 amide bonds. The fourth-order valence-electron chi connectivity index (χ4n) is 12.7. The molecule has 4 saturated carbocycles. The van der Waals surface area contributed by atoms with Gasteiger partial charge in [-0.3, -0.25) is 4.79 Å². The molecule has 6 rings (SSSR count). The fraction of sp³-hybridized carbons (Fsp3) is 0.973. The van der Waals surface area contributed by atoms with Gasteiger partial charge in [-0.15, -0.1) is 0 Å². The first-order valence-corrected chi connectivity index (χ1v) is 20.5. The van der Waals surface area contributed by atoms with Crippen LogP contribution < -0.4 is 0 Å². The highest BCUT2D eigenvalue weighted by molar-refractivity contribution is 7.88. The van der Waals surface area contributed by atoms with Gasteiger partial charge in [0.15, 0.2) is 12.4 Å². The van der Waals surface area contributed by atoms with Crippen LogP contribution in [0.4, 0.5) is 0 Å². The van der Waals surface area contributed by atoms with Gasteiger partial charge in [-0.1, -0.05) is 41.0 Å². The number of esters is 1. The summed E-state index contributed by atoms with van der Waals surface area (Å²) in [6.45, 7) is 17.4. The SMILES string of the molecule is CC(=O)OC(C1CC(C)C2C(O1)C(O)C1(C)C3CCC4C(CCCC21C)(CCC(OC1CN(S(C)(=O)=O)CCO1)C4(C)C)C3)C(C)(C)O. The minimum atomic E-state index is -3.31. The van der Waals surface area contributed by atoms with E-state index in [0.717, 1.165) is 51.4 Å². The molecule has 0 aromatic heterocycles. The Kier molecular flexibility index (Phi) is 9.55. The molecule has 1 spiro atoms. The highest BCUT2D eigenvalue weighted by atomic mass is 32.2. The maximum absolute atomic E-state index is 12.5. The van der Waals surface area contributed by atoms with Gasteiger partial charge in [0.25, 0.3) is 0 Å². The Bertz CT molecular complexity index is 1330. The number of carbonyl (C=O) groups is 1. The third kappa shape index (κ3) is 5.91. The minimum Gasteiger partial charge on any atom is -0.457 e. The van der Waals surface area contributed by atoms with Gasteiger partial charge in [-0.05, 0) is 105 Å². The molecule has 6 fully saturated rings. The largest absolute Gasteiger partial charge is 0.457 e. The van der Waals surface area contributed by atoms with E-state index in [-0.39, 0.29) is 52.2 Å². The number of hydrogen-bond acceptors (Lipinski definition) is 9. The number of nitrogens with zero attached hydrogens (tertiary/aromatic N) is 1. The molecule has 0 radical (unpaired) electrons. The predicted molar refractivity (Wildman–Crippen MR) is 181 cm³/mol. The Balaban J connectivity index is 1.24. The lowest BCUT2D eigenvalue weighted by Gasteiger charge is -2.64. The second-order valence-corrected chi connectivity index (χ2v) is 20.3. The van der Waals surface area contributed by atoms with Crippen LogP contribution in [0.15, 0.2) is 0 Å². The molecular weight excluding hydrogens is 634 g/mol. The van der Waals surface area contributed by atoms with E-state index in [1.807, 2.05) is 0 Å². The fourth-order valence-corrected chi connectivity index (χ4v) is 13.5. The highest BCUT2D eigenvalue weighted by Gasteiger charge is 2.72. The third-order valence-electron chi connectivity index (χ3n) is 15.0. The molecule has 2 aliphatic heterocycles. The zero-order valence-corrected chi connectivity index (χ0v) is 31.7. The molecule has 2 bridgehead atoms. The number of morpholine rings is 1. The van der Waals surface area contributed by atoms with Crippen LogP contribution in [0.2, 0.25) is 0 Å². The summed E-state index contributed by atoms with van der Waals surface area (Å²) in [5.74, 6) is 0.751. The lowest BCUT2D eigenvalue weighted by molar-refractivity contribution is -0.249. The summed E-state index contributed by atoms with van der Waals surface area (Å²) >= 11 is 0. The van der Waals surface area contributed by atoms with Crippen LogP contribution >= 0.6 is 0 Å². The van der Waals surface area contributed by atoms with E-state index >= 15 is 0 Å². The summed E-state index contributed by atoms with van der Waals surface area (Å²) < 4.78 is 51.1. The van der Waals surface area contributed by atoms with Crippen molar-refractivity contribution in [3.8, 4) is 0 Å². The van der Waals surface area contributed by atoms with Crippen molar-refractivity contribution in [3.05, 3.63) is 0 Å². The van der Waals surface area contributed by atoms with Crippen LogP contribution in [0.1, 0.15) is 113 Å². The minimum absolute atomic E-state index is 0.0208. The number of sulfonamides is 1. The van der Waals surface area contributed by atoms with Crippen molar-refractivity contribution in [1.29, 1.82) is 0 Å². The van der Waals surface area contributed by atoms with Crippen molar-refractivity contribution in [3.63, 3.8) is 0 Å². The molecule has 2 heterocycles. The average Bonchev–Trinajstić information content (AvgIpc) is 3.15. The van der Waals surface area contributed by atoms with E-state index in [4.69, 9.17) is 18.9 Å². The second kappa shape index (κ2) is 12.4. The summed E-state index contributed by atoms with van der Waals surface area (Å²) in [5.41, 5.74) is -1.70. The van der Waals surface area contributed by atoms with Crippen molar-refractivity contribution in [2.75, 3.05) is 26.0 Å². The van der Waals surface area contributed by atoms with Gasteiger partial charge < -0.3 is 29.2 Å². The second-order valence-electron chi connectivity index (χ2n) is 18.4. The summed E-state index contributed by atoms with van der Waals surface area (Å²) in [6.07, 6.45) is 7.42. The number of aliphatic hydroxyl groups is 2. The summed E-state index contributed by atoms with van der Waals surface area (Å²) in [6, 6.07) is 0. The molecule has 13 unspecified atom stereocenters. The molecule has 2 N–H and O–H groups in total. The zero-order valence-electron chi connectivity index (χ0n) is 30.9. The van der Waals surface area contributed by atoms with Crippen LogP contribution in [-0.2, 0) is 33.8 Å². The monoisotopic (exact) mass is 697 g/mol. The number of carbonyl (C=O) groups excluding carboxylic acids is 1. The average molecular weight is 698 g/mol. The van der Waals surface area contributed by atoms with Gasteiger partial charge in [-0.2, -0.15) is 4.31 Å². The molecule has 4 aliphatic carbocycles. The van der Waals surface area contributed by atoms with E-state index in [1.165, 1.54) is 17.5 Å². The van der Waals surface area contributed by atoms with Gasteiger partial charge in [-0.25, -0.2) is 8.42 Å². The molecule has 0 aromatic carbocycles. The molecule has 11 heteroatoms. The highest BCUT2D eigenvalue weighted by Crippen LogP contribution is 2.73. The first-order chi connectivity index (χ1) is 22.1. The molecule has 13 atom stereocenters. The molecule has 0 aromatic rings. The lowest BCUT2D eigenvalue weighted by Crippen LogP contribution is -2.60. The van der Waals surface area contributed by atoms with Gasteiger partial charge in [0, 0.05) is 18.9 Å². The van der Waals surface area contributed by atoms with Crippen LogP contribution in [0, 0.1) is 45.3 Å². The van der Waals surface area contributed by atoms with Gasteiger partial charge in [0.2, 0.25) is 10.0 Å². The van der Waals surface area contributed by atoms with Crippen LogP contribution in [0.25, 0.3) is 0 Å². The van der Waals surface area contributed by atoms with E-state index in [1.54, 1.807) is 13.8 Å². The maximum Gasteiger partial charge on any atom is 0.303 e. The zero-order chi connectivity index (χ0) is 35.2. The number of ether oxygens (including phenoxy) is 4. The molecule has 2 saturated heterocycles. The van der Waals surface area contributed by atoms with Gasteiger partial charge in [0.05, 0.1) is 49.4 Å². The van der Waals surface area contributed by atoms with E-state index < -0.39 is 46.2 Å². The standard InChI is InChI=1S/C37H63NO9S/c1-22-19-25(32(34(5,6)41)45-23(2)39)46-30-29(22)35(7)14-10-15-37-16-13-27(47-28-21-38(17-18-44-28)48(9,42)43)33(3,4)26(37)12-11-24(20-37)36(35,8)31(30)40/h22,24-32,40-41H,10-21H2,1-9H3. The first kappa shape index (κ1) is 37.0. The Morgan fingerprint density at radius 2 is 1.79 bits per heavy atom. The number of fused-ring (bicyclic) bond motifs is 5. The first-order valence-electron chi connectivity index (χ1n) is 18.6. The number of aliphatic hydroxyl groups excluding tert-OH is 1. The normalized spacial score (nSPS) is 47.1.